The first-order chi connectivity index (χ1) is 12.8. The van der Waals surface area contributed by atoms with Crippen LogP contribution >= 0.6 is 0 Å². The van der Waals surface area contributed by atoms with Crippen molar-refractivity contribution in [2.24, 2.45) is 7.05 Å². The Labute approximate surface area is 157 Å². The van der Waals surface area contributed by atoms with Crippen LogP contribution in [0.3, 0.4) is 0 Å². The van der Waals surface area contributed by atoms with Gasteiger partial charge in [0, 0.05) is 23.7 Å². The van der Waals surface area contributed by atoms with Crippen molar-refractivity contribution in [1.29, 1.82) is 0 Å². The van der Waals surface area contributed by atoms with Crippen molar-refractivity contribution in [3.8, 4) is 11.3 Å². The molecule has 0 aliphatic carbocycles. The fourth-order valence-corrected chi connectivity index (χ4v) is 4.68. The third-order valence-corrected chi connectivity index (χ3v) is 6.19. The van der Waals surface area contributed by atoms with E-state index in [2.05, 4.69) is 9.82 Å². The summed E-state index contributed by atoms with van der Waals surface area (Å²) >= 11 is 0. The number of aryl methyl sites for hydroxylation is 2. The van der Waals surface area contributed by atoms with Gasteiger partial charge in [-0.1, -0.05) is 18.2 Å². The monoisotopic (exact) mass is 381 g/mol. The average molecular weight is 381 g/mol. The summed E-state index contributed by atoms with van der Waals surface area (Å²) in [6, 6.07) is 16.9. The quantitative estimate of drug-likeness (QED) is 0.573. The van der Waals surface area contributed by atoms with Crippen LogP contribution in [-0.4, -0.2) is 18.2 Å². The summed E-state index contributed by atoms with van der Waals surface area (Å²) in [6.07, 6.45) is 0. The molecule has 1 N–H and O–H groups in total. The molecule has 4 rings (SSSR count). The molecule has 2 aromatic carbocycles. The Balaban J connectivity index is 1.62. The highest BCUT2D eigenvalue weighted by Gasteiger charge is 2.23. The molecular formula is C20H19N3O3S. The minimum atomic E-state index is -3.71. The van der Waals surface area contributed by atoms with Gasteiger partial charge in [-0.15, -0.1) is 0 Å². The highest BCUT2D eigenvalue weighted by Crippen LogP contribution is 2.29. The van der Waals surface area contributed by atoms with Gasteiger partial charge in [-0.05, 0) is 50.2 Å². The van der Waals surface area contributed by atoms with Crippen LogP contribution in [0.25, 0.3) is 22.3 Å². The molecule has 27 heavy (non-hydrogen) atoms. The van der Waals surface area contributed by atoms with Gasteiger partial charge in [0.15, 0.2) is 0 Å². The first kappa shape index (κ1) is 17.4. The van der Waals surface area contributed by atoms with Crippen LogP contribution < -0.4 is 4.72 Å². The maximum absolute atomic E-state index is 12.7. The van der Waals surface area contributed by atoms with Crippen molar-refractivity contribution in [1.82, 2.24) is 9.78 Å². The van der Waals surface area contributed by atoms with Crippen molar-refractivity contribution in [3.05, 3.63) is 66.0 Å². The van der Waals surface area contributed by atoms with E-state index in [4.69, 9.17) is 4.42 Å². The van der Waals surface area contributed by atoms with Crippen LogP contribution in [0.15, 0.2) is 63.9 Å². The molecular weight excluding hydrogens is 362 g/mol. The normalized spacial score (nSPS) is 11.8. The molecule has 0 aliphatic heterocycles. The molecule has 138 valence electrons. The molecule has 7 heteroatoms. The highest BCUT2D eigenvalue weighted by atomic mass is 32.2. The van der Waals surface area contributed by atoms with Crippen molar-refractivity contribution >= 4 is 26.7 Å². The summed E-state index contributed by atoms with van der Waals surface area (Å²) < 4.78 is 35.5. The second kappa shape index (κ2) is 6.28. The second-order valence-electron chi connectivity index (χ2n) is 6.45. The molecule has 0 aliphatic rings. The van der Waals surface area contributed by atoms with E-state index in [-0.39, 0.29) is 4.90 Å². The summed E-state index contributed by atoms with van der Waals surface area (Å²) in [5, 5.41) is 5.21. The predicted octanol–water partition coefficient (Wildman–Crippen LogP) is 4.25. The zero-order valence-corrected chi connectivity index (χ0v) is 16.0. The van der Waals surface area contributed by atoms with E-state index >= 15 is 0 Å². The van der Waals surface area contributed by atoms with Crippen molar-refractivity contribution in [3.63, 3.8) is 0 Å². The number of para-hydroxylation sites is 1. The fourth-order valence-electron chi connectivity index (χ4n) is 3.18. The maximum Gasteiger partial charge on any atom is 0.265 e. The lowest BCUT2D eigenvalue weighted by Crippen LogP contribution is -2.14. The Kier molecular flexibility index (Phi) is 4.04. The van der Waals surface area contributed by atoms with Gasteiger partial charge < -0.3 is 4.42 Å². The van der Waals surface area contributed by atoms with E-state index in [1.54, 1.807) is 37.7 Å². The lowest BCUT2D eigenvalue weighted by molar-refractivity contribution is 0.599. The molecule has 4 aromatic rings. The van der Waals surface area contributed by atoms with Gasteiger partial charge in [0.05, 0.1) is 11.4 Å². The van der Waals surface area contributed by atoms with Gasteiger partial charge >= 0.3 is 0 Å². The van der Waals surface area contributed by atoms with E-state index in [1.165, 1.54) is 0 Å². The summed E-state index contributed by atoms with van der Waals surface area (Å²) in [5.74, 6) is 0.740. The highest BCUT2D eigenvalue weighted by molar-refractivity contribution is 7.92. The molecule has 0 bridgehead atoms. The first-order valence-corrected chi connectivity index (χ1v) is 9.95. The zero-order chi connectivity index (χ0) is 19.2. The van der Waals surface area contributed by atoms with Crippen LogP contribution in [0.4, 0.5) is 5.69 Å². The Bertz CT molecular complexity index is 1200. The van der Waals surface area contributed by atoms with Gasteiger partial charge in [0.25, 0.3) is 10.0 Å². The largest absolute Gasteiger partial charge is 0.456 e. The minimum Gasteiger partial charge on any atom is -0.456 e. The lowest BCUT2D eigenvalue weighted by atomic mass is 10.1. The lowest BCUT2D eigenvalue weighted by Gasteiger charge is -2.09. The van der Waals surface area contributed by atoms with Gasteiger partial charge in [-0.2, -0.15) is 5.10 Å². The van der Waals surface area contributed by atoms with Gasteiger partial charge in [0.1, 0.15) is 16.2 Å². The number of nitrogens with zero attached hydrogens (tertiary/aromatic N) is 2. The molecule has 0 unspecified atom stereocenters. The second-order valence-corrected chi connectivity index (χ2v) is 8.07. The Morgan fingerprint density at radius 1 is 1.04 bits per heavy atom. The molecule has 0 radical (unpaired) electrons. The third-order valence-electron chi connectivity index (χ3n) is 4.56. The van der Waals surface area contributed by atoms with Crippen molar-refractivity contribution < 1.29 is 12.8 Å². The number of hydrogen-bond donors (Lipinski definition) is 1. The summed E-state index contributed by atoms with van der Waals surface area (Å²) in [5.41, 5.74) is 3.25. The molecule has 0 fully saturated rings. The van der Waals surface area contributed by atoms with Crippen LogP contribution in [0, 0.1) is 13.8 Å². The Morgan fingerprint density at radius 2 is 1.74 bits per heavy atom. The maximum atomic E-state index is 12.7. The number of rotatable bonds is 4. The third kappa shape index (κ3) is 3.10. The van der Waals surface area contributed by atoms with Gasteiger partial charge in [0.2, 0.25) is 0 Å². The van der Waals surface area contributed by atoms with E-state index in [0.717, 1.165) is 22.3 Å². The average Bonchev–Trinajstić information content (AvgIpc) is 3.16. The zero-order valence-electron chi connectivity index (χ0n) is 15.2. The van der Waals surface area contributed by atoms with Crippen LogP contribution in [-0.2, 0) is 17.1 Å². The molecule has 2 heterocycles. The number of benzene rings is 2. The van der Waals surface area contributed by atoms with Crippen LogP contribution in [0.1, 0.15) is 11.4 Å². The van der Waals surface area contributed by atoms with Crippen LogP contribution in [0.2, 0.25) is 0 Å². The van der Waals surface area contributed by atoms with Crippen molar-refractivity contribution in [2.45, 2.75) is 18.7 Å². The summed E-state index contributed by atoms with van der Waals surface area (Å²) in [6.45, 7) is 3.42. The molecule has 0 atom stereocenters. The minimum absolute atomic E-state index is 0.214. The molecule has 0 amide bonds. The molecule has 0 saturated carbocycles. The molecule has 0 spiro atoms. The molecule has 6 nitrogen and oxygen atoms in total. The van der Waals surface area contributed by atoms with Crippen molar-refractivity contribution in [2.75, 3.05) is 4.72 Å². The smallest absolute Gasteiger partial charge is 0.265 e. The number of aromatic nitrogens is 2. The number of hydrogen-bond acceptors (Lipinski definition) is 4. The predicted molar refractivity (Wildman–Crippen MR) is 105 cm³/mol. The van der Waals surface area contributed by atoms with Crippen LogP contribution in [0.5, 0.6) is 0 Å². The number of sulfonamides is 1. The first-order valence-electron chi connectivity index (χ1n) is 8.47. The number of fused-ring (bicyclic) bond motifs is 1. The molecule has 0 saturated heterocycles. The van der Waals surface area contributed by atoms with E-state index < -0.39 is 10.0 Å². The fraction of sp³-hybridized carbons (Fsp3) is 0.150. The van der Waals surface area contributed by atoms with E-state index in [1.807, 2.05) is 42.5 Å². The Morgan fingerprint density at radius 3 is 2.37 bits per heavy atom. The number of anilines is 1. The van der Waals surface area contributed by atoms with E-state index in [0.29, 0.717) is 17.1 Å². The van der Waals surface area contributed by atoms with E-state index in [9.17, 15) is 8.42 Å². The topological polar surface area (TPSA) is 77.1 Å². The number of furan rings is 1. The summed E-state index contributed by atoms with van der Waals surface area (Å²) in [7, 11) is -1.98. The summed E-state index contributed by atoms with van der Waals surface area (Å²) in [4.78, 5) is 0.214. The SMILES string of the molecule is Cc1nn(C)c(C)c1S(=O)(=O)Nc1ccc(-c2cc3ccccc3o2)cc1. The molecule has 2 aromatic heterocycles. The van der Waals surface area contributed by atoms with Gasteiger partial charge in [-0.25, -0.2) is 8.42 Å². The number of nitrogens with one attached hydrogen (secondary N) is 1. The standard InChI is InChI=1S/C20H19N3O3S/c1-13-20(14(2)23(3)21-13)27(24,25)22-17-10-8-15(9-11-17)19-12-16-6-4-5-7-18(16)26-19/h4-12,22H,1-3H3. The van der Waals surface area contributed by atoms with Gasteiger partial charge in [-0.3, -0.25) is 9.40 Å². The Hall–Kier alpha value is -3.06.